The van der Waals surface area contributed by atoms with Crippen molar-refractivity contribution in [2.24, 2.45) is 11.5 Å². The van der Waals surface area contributed by atoms with Gasteiger partial charge < -0.3 is 41.6 Å². The summed E-state index contributed by atoms with van der Waals surface area (Å²) in [6, 6.07) is -2.71. The number of aliphatic hydroxyl groups excluding tert-OH is 1. The second kappa shape index (κ2) is 11.7. The average Bonchev–Trinajstić information content (AvgIpc) is 3.04. The van der Waals surface area contributed by atoms with Crippen molar-refractivity contribution in [2.75, 3.05) is 13.7 Å². The molecule has 148 valence electrons. The number of aliphatic carboxylic acids is 1. The fourth-order valence-electron chi connectivity index (χ4n) is 1.44. The van der Waals surface area contributed by atoms with Crippen LogP contribution in [0, 0.1) is 0 Å². The van der Waals surface area contributed by atoms with Gasteiger partial charge in [0, 0.05) is 14.0 Å². The molecule has 8 N–H and O–H groups in total. The molecule has 13 heteroatoms. The van der Waals surface area contributed by atoms with Gasteiger partial charge in [-0.15, -0.1) is 0 Å². The second-order valence-corrected chi connectivity index (χ2v) is 5.03. The van der Waals surface area contributed by atoms with Crippen molar-refractivity contribution >= 4 is 17.9 Å². The Morgan fingerprint density at radius 2 is 1.96 bits per heavy atom. The lowest BCUT2D eigenvalue weighted by Crippen LogP contribution is -2.51. The summed E-state index contributed by atoms with van der Waals surface area (Å²) in [5, 5.41) is 26.0. The summed E-state index contributed by atoms with van der Waals surface area (Å²) in [6.07, 6.45) is -0.708. The molecule has 1 heterocycles. The molecule has 0 fully saturated rings. The maximum absolute atomic E-state index is 11.7. The van der Waals surface area contributed by atoms with E-state index >= 15 is 0 Å². The van der Waals surface area contributed by atoms with E-state index in [0.29, 0.717) is 0 Å². The van der Waals surface area contributed by atoms with Crippen LogP contribution in [0.3, 0.4) is 0 Å². The first-order chi connectivity index (χ1) is 12.1. The predicted molar refractivity (Wildman–Crippen MR) is 86.4 cm³/mol. The largest absolute Gasteiger partial charge is 0.480 e. The summed E-state index contributed by atoms with van der Waals surface area (Å²) in [6.45, 7) is 2.35. The Hall–Kier alpha value is -2.77. The van der Waals surface area contributed by atoms with E-state index in [1.807, 2.05) is 0 Å². The van der Waals surface area contributed by atoms with Gasteiger partial charge in [0.15, 0.2) is 11.9 Å². The summed E-state index contributed by atoms with van der Waals surface area (Å²) < 4.78 is 9.70. The Morgan fingerprint density at radius 3 is 2.42 bits per heavy atom. The van der Waals surface area contributed by atoms with Gasteiger partial charge in [-0.2, -0.15) is 4.98 Å². The molecule has 1 aromatic heterocycles. The van der Waals surface area contributed by atoms with E-state index in [2.05, 4.69) is 26.5 Å². The molecule has 1 rings (SSSR count). The van der Waals surface area contributed by atoms with Crippen LogP contribution >= 0.6 is 0 Å². The quantitative estimate of drug-likeness (QED) is 0.289. The van der Waals surface area contributed by atoms with Gasteiger partial charge in [0.25, 0.3) is 0 Å². The molecule has 13 nitrogen and oxygen atoms in total. The number of amides is 3. The highest BCUT2D eigenvalue weighted by molar-refractivity contribution is 5.82. The van der Waals surface area contributed by atoms with E-state index in [1.54, 1.807) is 0 Å². The molecule has 0 aliphatic carbocycles. The van der Waals surface area contributed by atoms with Crippen LogP contribution in [0.1, 0.15) is 31.6 Å². The number of hydrogen-bond acceptors (Lipinski definition) is 9. The van der Waals surface area contributed by atoms with E-state index in [1.165, 1.54) is 21.0 Å². The van der Waals surface area contributed by atoms with Crippen molar-refractivity contribution < 1.29 is 33.9 Å². The zero-order valence-electron chi connectivity index (χ0n) is 14.6. The molecule has 3 atom stereocenters. The average molecular weight is 376 g/mol. The number of hydrogen-bond donors (Lipinski definition) is 6. The SMILES string of the molecule is CC(N)=O.COC(C)C(NC(=O)NCc1nc(C(N)CO)no1)C(=O)O. The lowest BCUT2D eigenvalue weighted by atomic mass is 10.2. The minimum Gasteiger partial charge on any atom is -0.480 e. The molecule has 0 aliphatic heterocycles. The molecule has 0 radical (unpaired) electrons. The molecule has 0 bridgehead atoms. The number of aliphatic hydroxyl groups is 1. The fourth-order valence-corrected chi connectivity index (χ4v) is 1.44. The van der Waals surface area contributed by atoms with Crippen LogP contribution in [0.5, 0.6) is 0 Å². The van der Waals surface area contributed by atoms with Crippen molar-refractivity contribution in [3.8, 4) is 0 Å². The maximum Gasteiger partial charge on any atom is 0.328 e. The standard InChI is InChI=1S/C11H19N5O6.C2H5NO/c1-5(21-2)8(10(18)19)15-11(20)13-3-7-14-9(16-22-7)6(12)4-17;1-2(3)4/h5-6,8,17H,3-4,12H2,1-2H3,(H,18,19)(H2,13,15,20);1H3,(H2,3,4). The first-order valence-electron chi connectivity index (χ1n) is 7.37. The molecule has 3 unspecified atom stereocenters. The van der Waals surface area contributed by atoms with Crippen LogP contribution in [-0.2, 0) is 20.9 Å². The highest BCUT2D eigenvalue weighted by Crippen LogP contribution is 2.05. The van der Waals surface area contributed by atoms with Crippen LogP contribution < -0.4 is 22.1 Å². The first-order valence-corrected chi connectivity index (χ1v) is 7.37. The number of aromatic nitrogens is 2. The van der Waals surface area contributed by atoms with Crippen molar-refractivity contribution in [2.45, 2.75) is 38.6 Å². The van der Waals surface area contributed by atoms with Gasteiger partial charge in [-0.25, -0.2) is 9.59 Å². The van der Waals surface area contributed by atoms with E-state index in [0.717, 1.165) is 0 Å². The molecule has 0 spiro atoms. The highest BCUT2D eigenvalue weighted by atomic mass is 16.5. The van der Waals surface area contributed by atoms with E-state index < -0.39 is 30.2 Å². The molecule has 26 heavy (non-hydrogen) atoms. The summed E-state index contributed by atoms with van der Waals surface area (Å²) in [5.41, 5.74) is 9.97. The number of nitrogens with two attached hydrogens (primary N) is 2. The highest BCUT2D eigenvalue weighted by Gasteiger charge is 2.26. The normalized spacial score (nSPS) is 13.6. The summed E-state index contributed by atoms with van der Waals surface area (Å²) in [7, 11) is 1.34. The van der Waals surface area contributed by atoms with Gasteiger partial charge >= 0.3 is 12.0 Å². The van der Waals surface area contributed by atoms with Crippen LogP contribution in [0.15, 0.2) is 4.52 Å². The maximum atomic E-state index is 11.7. The van der Waals surface area contributed by atoms with Crippen molar-refractivity contribution in [1.82, 2.24) is 20.8 Å². The Morgan fingerprint density at radius 1 is 1.38 bits per heavy atom. The Bertz CT molecular complexity index is 589. The number of methoxy groups -OCH3 is 1. The second-order valence-electron chi connectivity index (χ2n) is 5.03. The fraction of sp³-hybridized carbons (Fsp3) is 0.615. The number of rotatable bonds is 8. The van der Waals surface area contributed by atoms with E-state index in [-0.39, 0.29) is 30.8 Å². The summed E-state index contributed by atoms with van der Waals surface area (Å²) >= 11 is 0. The number of ether oxygens (including phenoxy) is 1. The molecule has 3 amide bonds. The molecule has 0 saturated heterocycles. The van der Waals surface area contributed by atoms with Gasteiger partial charge in [-0.1, -0.05) is 5.16 Å². The number of urea groups is 1. The van der Waals surface area contributed by atoms with Gasteiger partial charge in [0.2, 0.25) is 11.8 Å². The third-order valence-corrected chi connectivity index (χ3v) is 2.81. The summed E-state index contributed by atoms with van der Waals surface area (Å²) in [5.74, 6) is -1.38. The lowest BCUT2D eigenvalue weighted by Gasteiger charge is -2.19. The molecular formula is C13H24N6O7. The van der Waals surface area contributed by atoms with Crippen LogP contribution in [0.2, 0.25) is 0 Å². The number of carbonyl (C=O) groups is 3. The van der Waals surface area contributed by atoms with Crippen molar-refractivity contribution in [1.29, 1.82) is 0 Å². The van der Waals surface area contributed by atoms with Crippen LogP contribution in [0.4, 0.5) is 4.79 Å². The molecular weight excluding hydrogens is 352 g/mol. The molecule has 0 saturated carbocycles. The minimum absolute atomic E-state index is 0.0701. The Labute approximate surface area is 149 Å². The third-order valence-electron chi connectivity index (χ3n) is 2.81. The molecule has 0 aromatic carbocycles. The van der Waals surface area contributed by atoms with Gasteiger partial charge in [-0.05, 0) is 6.92 Å². The third kappa shape index (κ3) is 8.91. The lowest BCUT2D eigenvalue weighted by molar-refractivity contribution is -0.142. The number of carboxylic acid groups (broad SMARTS) is 1. The smallest absolute Gasteiger partial charge is 0.328 e. The zero-order valence-corrected chi connectivity index (χ0v) is 14.6. The Kier molecular flexibility index (Phi) is 10.5. The van der Waals surface area contributed by atoms with Crippen molar-refractivity contribution in [3.05, 3.63) is 11.7 Å². The Balaban J connectivity index is 0.00000141. The van der Waals surface area contributed by atoms with Crippen molar-refractivity contribution in [3.63, 3.8) is 0 Å². The minimum atomic E-state index is -1.22. The predicted octanol–water partition coefficient (Wildman–Crippen LogP) is -2.16. The molecule has 1 aromatic rings. The van der Waals surface area contributed by atoms with E-state index in [4.69, 9.17) is 25.2 Å². The van der Waals surface area contributed by atoms with Gasteiger partial charge in [0.05, 0.1) is 25.3 Å². The number of primary amides is 1. The van der Waals surface area contributed by atoms with Crippen LogP contribution in [0.25, 0.3) is 0 Å². The van der Waals surface area contributed by atoms with Gasteiger partial charge in [0.1, 0.15) is 0 Å². The zero-order chi connectivity index (χ0) is 20.3. The van der Waals surface area contributed by atoms with Crippen LogP contribution in [-0.4, -0.2) is 64.1 Å². The van der Waals surface area contributed by atoms with Gasteiger partial charge in [-0.3, -0.25) is 4.79 Å². The number of nitrogens with zero attached hydrogens (tertiary/aromatic N) is 2. The number of carbonyl (C=O) groups excluding carboxylic acids is 2. The number of carboxylic acids is 1. The monoisotopic (exact) mass is 376 g/mol. The number of nitrogens with one attached hydrogen (secondary N) is 2. The summed E-state index contributed by atoms with van der Waals surface area (Å²) in [4.78, 5) is 35.8. The topological polar surface area (TPSA) is 216 Å². The molecule has 0 aliphatic rings. The van der Waals surface area contributed by atoms with E-state index in [9.17, 15) is 14.4 Å². The first kappa shape index (κ1) is 23.2.